The summed E-state index contributed by atoms with van der Waals surface area (Å²) in [4.78, 5) is 13.0. The smallest absolute Gasteiger partial charge is 0.282 e. The van der Waals surface area contributed by atoms with E-state index in [4.69, 9.17) is 0 Å². The van der Waals surface area contributed by atoms with Crippen molar-refractivity contribution in [2.45, 2.75) is 108 Å². The van der Waals surface area contributed by atoms with E-state index in [1.165, 1.54) is 93.5 Å². The van der Waals surface area contributed by atoms with Crippen LogP contribution in [0.4, 0.5) is 11.4 Å². The van der Waals surface area contributed by atoms with E-state index < -0.39 is 16.2 Å². The SMILES string of the molecule is CCCCCCCCCCCCCCCC1=NN(c2ccc(S(=O)(=O)O)cc2)C(=O)[C@@H]1N=Nc1ccccc1. The average Bonchev–Trinajstić information content (AvgIpc) is 3.25. The molecule has 1 atom stereocenters. The van der Waals surface area contributed by atoms with E-state index in [-0.39, 0.29) is 10.8 Å². The van der Waals surface area contributed by atoms with Crippen molar-refractivity contribution in [2.24, 2.45) is 15.3 Å². The highest BCUT2D eigenvalue weighted by Gasteiger charge is 2.36. The number of azo groups is 1. The van der Waals surface area contributed by atoms with Crippen molar-refractivity contribution in [3.63, 3.8) is 0 Å². The van der Waals surface area contributed by atoms with Crippen molar-refractivity contribution in [1.82, 2.24) is 0 Å². The molecule has 1 aliphatic rings. The van der Waals surface area contributed by atoms with E-state index in [1.54, 1.807) is 0 Å². The molecule has 1 amide bonds. The normalized spacial score (nSPS) is 15.8. The van der Waals surface area contributed by atoms with Gasteiger partial charge in [-0.2, -0.15) is 28.8 Å². The molecule has 0 radical (unpaired) electrons. The minimum atomic E-state index is -4.32. The van der Waals surface area contributed by atoms with Crippen molar-refractivity contribution in [1.29, 1.82) is 0 Å². The Hall–Kier alpha value is -2.91. The Kier molecular flexibility index (Phi) is 12.8. The number of benzene rings is 2. The summed E-state index contributed by atoms with van der Waals surface area (Å²) in [5, 5.41) is 14.4. The van der Waals surface area contributed by atoms with Crippen molar-refractivity contribution in [2.75, 3.05) is 5.01 Å². The van der Waals surface area contributed by atoms with Crippen molar-refractivity contribution < 1.29 is 17.8 Å². The van der Waals surface area contributed by atoms with Gasteiger partial charge in [0.15, 0.2) is 6.04 Å². The summed E-state index contributed by atoms with van der Waals surface area (Å²) < 4.78 is 32.0. The Balaban J connectivity index is 1.51. The van der Waals surface area contributed by atoms with Crippen LogP contribution in [-0.4, -0.2) is 30.6 Å². The van der Waals surface area contributed by atoms with Crippen molar-refractivity contribution >= 4 is 33.1 Å². The van der Waals surface area contributed by atoms with Crippen LogP contribution in [0, 0.1) is 0 Å². The zero-order valence-electron chi connectivity index (χ0n) is 23.0. The fourth-order valence-electron chi connectivity index (χ4n) is 4.68. The first-order chi connectivity index (χ1) is 18.9. The van der Waals surface area contributed by atoms with Gasteiger partial charge in [-0.25, -0.2) is 0 Å². The number of unbranched alkanes of at least 4 members (excludes halogenated alkanes) is 12. The third-order valence-corrected chi connectivity index (χ3v) is 7.82. The molecular formula is C30H42N4O4S. The Bertz CT molecular complexity index is 1180. The van der Waals surface area contributed by atoms with E-state index in [0.717, 1.165) is 19.3 Å². The number of anilines is 1. The number of hydrazone groups is 1. The summed E-state index contributed by atoms with van der Waals surface area (Å²) in [6.45, 7) is 2.25. The molecule has 8 nitrogen and oxygen atoms in total. The number of hydrogen-bond acceptors (Lipinski definition) is 6. The maximum Gasteiger partial charge on any atom is 0.294 e. The number of hydrogen-bond donors (Lipinski definition) is 1. The van der Waals surface area contributed by atoms with Crippen LogP contribution >= 0.6 is 0 Å². The van der Waals surface area contributed by atoms with Crippen LogP contribution in [0.1, 0.15) is 96.8 Å². The molecule has 1 aliphatic heterocycles. The predicted molar refractivity (Wildman–Crippen MR) is 156 cm³/mol. The van der Waals surface area contributed by atoms with Crippen LogP contribution in [-0.2, 0) is 14.9 Å². The first-order valence-electron chi connectivity index (χ1n) is 14.3. The van der Waals surface area contributed by atoms with Crippen LogP contribution in [0.15, 0.2) is 74.8 Å². The molecule has 39 heavy (non-hydrogen) atoms. The van der Waals surface area contributed by atoms with Crippen LogP contribution in [0.3, 0.4) is 0 Å². The van der Waals surface area contributed by atoms with Gasteiger partial charge in [0.05, 0.1) is 22.0 Å². The Morgan fingerprint density at radius 1 is 0.795 bits per heavy atom. The molecule has 0 unspecified atom stereocenters. The molecule has 3 rings (SSSR count). The lowest BCUT2D eigenvalue weighted by molar-refractivity contribution is -0.117. The second-order valence-electron chi connectivity index (χ2n) is 10.2. The first kappa shape index (κ1) is 30.6. The van der Waals surface area contributed by atoms with Crippen LogP contribution in [0.5, 0.6) is 0 Å². The zero-order chi connectivity index (χ0) is 27.9. The summed E-state index contributed by atoms with van der Waals surface area (Å²) >= 11 is 0. The summed E-state index contributed by atoms with van der Waals surface area (Å²) in [6, 6.07) is 13.8. The van der Waals surface area contributed by atoms with Gasteiger partial charge in [-0.3, -0.25) is 9.35 Å². The van der Waals surface area contributed by atoms with Gasteiger partial charge in [0.1, 0.15) is 0 Å². The van der Waals surface area contributed by atoms with Gasteiger partial charge in [-0.15, -0.1) is 0 Å². The highest BCUT2D eigenvalue weighted by Crippen LogP contribution is 2.27. The number of carbonyl (C=O) groups excluding carboxylic acids is 1. The summed E-state index contributed by atoms with van der Waals surface area (Å²) in [5.41, 5.74) is 1.72. The summed E-state index contributed by atoms with van der Waals surface area (Å²) in [7, 11) is -4.32. The molecule has 1 N–H and O–H groups in total. The topological polar surface area (TPSA) is 112 Å². The molecular weight excluding hydrogens is 512 g/mol. The van der Waals surface area contributed by atoms with Crippen LogP contribution in [0.2, 0.25) is 0 Å². The first-order valence-corrected chi connectivity index (χ1v) is 15.8. The lowest BCUT2D eigenvalue weighted by Gasteiger charge is -2.12. The predicted octanol–water partition coefficient (Wildman–Crippen LogP) is 8.27. The third-order valence-electron chi connectivity index (χ3n) is 6.95. The minimum absolute atomic E-state index is 0.241. The maximum absolute atomic E-state index is 13.2. The molecule has 0 aliphatic carbocycles. The van der Waals surface area contributed by atoms with Gasteiger partial charge in [0.25, 0.3) is 16.0 Å². The molecule has 0 spiro atoms. The van der Waals surface area contributed by atoms with Gasteiger partial charge in [-0.1, -0.05) is 102 Å². The number of nitrogens with zero attached hydrogens (tertiary/aromatic N) is 4. The highest BCUT2D eigenvalue weighted by atomic mass is 32.2. The fourth-order valence-corrected chi connectivity index (χ4v) is 5.16. The third kappa shape index (κ3) is 10.3. The molecule has 1 heterocycles. The van der Waals surface area contributed by atoms with Crippen LogP contribution in [0.25, 0.3) is 0 Å². The maximum atomic E-state index is 13.2. The molecule has 0 fully saturated rings. The monoisotopic (exact) mass is 554 g/mol. The number of amides is 1. The van der Waals surface area contributed by atoms with E-state index in [2.05, 4.69) is 22.3 Å². The quantitative estimate of drug-likeness (QED) is 0.113. The summed E-state index contributed by atoms with van der Waals surface area (Å²) in [5.74, 6) is -0.334. The Morgan fingerprint density at radius 3 is 1.87 bits per heavy atom. The van der Waals surface area contributed by atoms with E-state index >= 15 is 0 Å². The van der Waals surface area contributed by atoms with E-state index in [0.29, 0.717) is 23.5 Å². The van der Waals surface area contributed by atoms with E-state index in [1.807, 2.05) is 30.3 Å². The largest absolute Gasteiger partial charge is 0.294 e. The lowest BCUT2D eigenvalue weighted by Crippen LogP contribution is -2.30. The molecule has 9 heteroatoms. The van der Waals surface area contributed by atoms with E-state index in [9.17, 15) is 17.8 Å². The number of carbonyl (C=O) groups is 1. The average molecular weight is 555 g/mol. The highest BCUT2D eigenvalue weighted by molar-refractivity contribution is 7.85. The van der Waals surface area contributed by atoms with Crippen LogP contribution < -0.4 is 5.01 Å². The van der Waals surface area contributed by atoms with Gasteiger partial charge in [0, 0.05) is 0 Å². The molecule has 0 bridgehead atoms. The Labute approximate surface area is 233 Å². The molecule has 2 aromatic rings. The standard InChI is InChI=1S/C30H42N4O4S/c1-2-3-4-5-6-7-8-9-10-11-12-13-17-20-28-29(32-31-25-18-15-14-16-19-25)30(35)34(33-28)26-21-23-27(24-22-26)39(36,37)38/h14-16,18-19,21-24,29H,2-13,17,20H2,1H3,(H,36,37,38)/t29-/m1/s1. The molecule has 0 saturated heterocycles. The summed E-state index contributed by atoms with van der Waals surface area (Å²) in [6.07, 6.45) is 17.1. The van der Waals surface area contributed by atoms with Gasteiger partial charge in [-0.05, 0) is 49.2 Å². The molecule has 0 saturated carbocycles. The lowest BCUT2D eigenvalue weighted by atomic mass is 10.0. The zero-order valence-corrected chi connectivity index (χ0v) is 23.9. The minimum Gasteiger partial charge on any atom is -0.282 e. The fraction of sp³-hybridized carbons (Fsp3) is 0.533. The molecule has 0 aromatic heterocycles. The Morgan fingerprint density at radius 2 is 1.33 bits per heavy atom. The molecule has 212 valence electrons. The van der Waals surface area contributed by atoms with Crippen molar-refractivity contribution in [3.8, 4) is 0 Å². The molecule has 2 aromatic carbocycles. The second kappa shape index (κ2) is 16.3. The number of rotatable bonds is 18. The van der Waals surface area contributed by atoms with Crippen molar-refractivity contribution in [3.05, 3.63) is 54.6 Å². The van der Waals surface area contributed by atoms with Gasteiger partial charge < -0.3 is 0 Å². The second-order valence-corrected chi connectivity index (χ2v) is 11.6. The van der Waals surface area contributed by atoms with Gasteiger partial charge >= 0.3 is 0 Å². The van der Waals surface area contributed by atoms with Gasteiger partial charge in [0.2, 0.25) is 0 Å².